The van der Waals surface area contributed by atoms with Gasteiger partial charge in [-0.25, -0.2) is 4.79 Å². The zero-order valence-electron chi connectivity index (χ0n) is 13.3. The lowest BCUT2D eigenvalue weighted by atomic mass is 9.83. The fourth-order valence-electron chi connectivity index (χ4n) is 4.21. The number of nitrogens with zero attached hydrogens (tertiary/aromatic N) is 2. The lowest BCUT2D eigenvalue weighted by molar-refractivity contribution is -0.0907. The van der Waals surface area contributed by atoms with Gasteiger partial charge >= 0.3 is 6.09 Å². The Balaban J connectivity index is 1.49. The summed E-state index contributed by atoms with van der Waals surface area (Å²) in [5.41, 5.74) is 2.44. The van der Waals surface area contributed by atoms with E-state index in [1.54, 1.807) is 0 Å². The first-order valence-electron chi connectivity index (χ1n) is 8.47. The quantitative estimate of drug-likeness (QED) is 0.799. The molecule has 5 rings (SSSR count). The highest BCUT2D eigenvalue weighted by molar-refractivity contribution is 5.69. The Hall–Kier alpha value is -1.55. The van der Waals surface area contributed by atoms with Crippen LogP contribution in [0.2, 0.25) is 0 Å². The number of rotatable bonds is 1. The third-order valence-corrected chi connectivity index (χ3v) is 5.78. The van der Waals surface area contributed by atoms with E-state index in [-0.39, 0.29) is 17.7 Å². The van der Waals surface area contributed by atoms with E-state index < -0.39 is 0 Å². The number of hydrogen-bond acceptors (Lipinski definition) is 3. The van der Waals surface area contributed by atoms with Crippen LogP contribution >= 0.6 is 0 Å². The largest absolute Gasteiger partial charge is 0.443 e. The van der Waals surface area contributed by atoms with E-state index in [4.69, 9.17) is 4.74 Å². The summed E-state index contributed by atoms with van der Waals surface area (Å²) < 4.78 is 6.05. The van der Waals surface area contributed by atoms with Crippen molar-refractivity contribution in [3.63, 3.8) is 0 Å². The Labute approximate surface area is 132 Å². The molecular weight excluding hydrogens is 276 g/mol. The molecule has 4 nitrogen and oxygen atoms in total. The van der Waals surface area contributed by atoms with Crippen molar-refractivity contribution in [1.82, 2.24) is 9.80 Å². The Bertz CT molecular complexity index is 564. The lowest BCUT2D eigenvalue weighted by Gasteiger charge is -2.48. The summed E-state index contributed by atoms with van der Waals surface area (Å²) in [6.07, 6.45) is 3.81. The van der Waals surface area contributed by atoms with Crippen LogP contribution in [0, 0.1) is 0 Å². The summed E-state index contributed by atoms with van der Waals surface area (Å²) in [4.78, 5) is 17.1. The Morgan fingerprint density at radius 3 is 2.55 bits per heavy atom. The molecule has 0 aromatic heterocycles. The predicted octanol–water partition coefficient (Wildman–Crippen LogP) is 2.98. The molecule has 1 amide bonds. The van der Waals surface area contributed by atoms with Crippen LogP contribution in [0.1, 0.15) is 43.4 Å². The number of ether oxygens (including phenoxy) is 1. The number of amides is 1. The second kappa shape index (κ2) is 5.27. The molecule has 0 spiro atoms. The lowest BCUT2D eigenvalue weighted by Crippen LogP contribution is -2.56. The Morgan fingerprint density at radius 2 is 1.82 bits per heavy atom. The molecule has 0 N–H and O–H groups in total. The maximum absolute atomic E-state index is 12.8. The molecule has 1 atom stereocenters. The van der Waals surface area contributed by atoms with Crippen LogP contribution in [0.5, 0.6) is 0 Å². The van der Waals surface area contributed by atoms with Gasteiger partial charge in [-0.15, -0.1) is 0 Å². The molecule has 118 valence electrons. The molecule has 3 saturated heterocycles. The van der Waals surface area contributed by atoms with E-state index in [1.165, 1.54) is 11.1 Å². The first-order valence-corrected chi connectivity index (χ1v) is 8.47. The number of piperidine rings is 3. The fraction of sp³-hybridized carbons (Fsp3) is 0.611. The molecule has 4 aliphatic rings. The Morgan fingerprint density at radius 1 is 1.14 bits per heavy atom. The van der Waals surface area contributed by atoms with Gasteiger partial charge in [0.05, 0.1) is 6.04 Å². The summed E-state index contributed by atoms with van der Waals surface area (Å²) in [7, 11) is 0. The summed E-state index contributed by atoms with van der Waals surface area (Å²) in [6, 6.07) is 8.55. The maximum Gasteiger partial charge on any atom is 0.410 e. The van der Waals surface area contributed by atoms with Crippen molar-refractivity contribution in [3.8, 4) is 0 Å². The zero-order chi connectivity index (χ0) is 15.2. The van der Waals surface area contributed by atoms with Crippen molar-refractivity contribution in [2.45, 2.75) is 44.2 Å². The highest BCUT2D eigenvalue weighted by Gasteiger charge is 2.44. The topological polar surface area (TPSA) is 32.8 Å². The molecule has 4 aliphatic heterocycles. The summed E-state index contributed by atoms with van der Waals surface area (Å²) in [5, 5.41) is 0. The van der Waals surface area contributed by atoms with Gasteiger partial charge < -0.3 is 14.5 Å². The Kier molecular flexibility index (Phi) is 3.37. The predicted molar refractivity (Wildman–Crippen MR) is 84.8 cm³/mol. The average Bonchev–Trinajstić information content (AvgIpc) is 2.56. The highest BCUT2D eigenvalue weighted by Crippen LogP contribution is 2.37. The third kappa shape index (κ3) is 2.30. The van der Waals surface area contributed by atoms with Crippen LogP contribution in [0.15, 0.2) is 24.3 Å². The van der Waals surface area contributed by atoms with E-state index in [2.05, 4.69) is 36.1 Å². The summed E-state index contributed by atoms with van der Waals surface area (Å²) in [5.74, 6) is 0. The fourth-order valence-corrected chi connectivity index (χ4v) is 4.21. The van der Waals surface area contributed by atoms with Gasteiger partial charge in [0.2, 0.25) is 0 Å². The minimum absolute atomic E-state index is 0.109. The summed E-state index contributed by atoms with van der Waals surface area (Å²) in [6.45, 7) is 6.10. The monoisotopic (exact) mass is 300 g/mol. The van der Waals surface area contributed by atoms with E-state index in [0.29, 0.717) is 0 Å². The standard InChI is InChI=1S/C18H24N2O2/c1-14-16-5-3-2-4-15(16)6-10-20(14)17(21)22-18-7-11-19(12-8-18)13-9-18/h2-5,14H,6-13H2,1H3. The van der Waals surface area contributed by atoms with Crippen molar-refractivity contribution in [2.24, 2.45) is 0 Å². The van der Waals surface area contributed by atoms with Gasteiger partial charge in [0.15, 0.2) is 0 Å². The van der Waals surface area contributed by atoms with Gasteiger partial charge in [0, 0.05) is 45.4 Å². The zero-order valence-corrected chi connectivity index (χ0v) is 13.3. The third-order valence-electron chi connectivity index (χ3n) is 5.78. The first kappa shape index (κ1) is 14.1. The van der Waals surface area contributed by atoms with Crippen molar-refractivity contribution < 1.29 is 9.53 Å². The number of benzene rings is 1. The van der Waals surface area contributed by atoms with Crippen molar-refractivity contribution >= 4 is 6.09 Å². The number of carbonyl (C=O) groups is 1. The van der Waals surface area contributed by atoms with Gasteiger partial charge in [0.1, 0.15) is 5.60 Å². The van der Waals surface area contributed by atoms with Gasteiger partial charge in [-0.3, -0.25) is 0 Å². The van der Waals surface area contributed by atoms with Crippen LogP contribution in [-0.4, -0.2) is 47.7 Å². The number of hydrogen-bond donors (Lipinski definition) is 0. The molecule has 4 heterocycles. The van der Waals surface area contributed by atoms with E-state index in [9.17, 15) is 4.79 Å². The van der Waals surface area contributed by atoms with Gasteiger partial charge in [-0.2, -0.15) is 0 Å². The van der Waals surface area contributed by atoms with Crippen molar-refractivity contribution in [1.29, 1.82) is 0 Å². The normalized spacial score (nSPS) is 33.4. The molecule has 3 fully saturated rings. The van der Waals surface area contributed by atoms with Gasteiger partial charge in [-0.1, -0.05) is 24.3 Å². The van der Waals surface area contributed by atoms with Gasteiger partial charge in [0.25, 0.3) is 0 Å². The van der Waals surface area contributed by atoms with Crippen molar-refractivity contribution in [3.05, 3.63) is 35.4 Å². The molecular formula is C18H24N2O2. The van der Waals surface area contributed by atoms with Crippen molar-refractivity contribution in [2.75, 3.05) is 26.2 Å². The second-order valence-corrected chi connectivity index (χ2v) is 6.96. The molecule has 0 radical (unpaired) electrons. The van der Waals surface area contributed by atoms with Crippen LogP contribution in [-0.2, 0) is 11.2 Å². The molecule has 4 heteroatoms. The minimum atomic E-state index is -0.192. The highest BCUT2D eigenvalue weighted by atomic mass is 16.6. The van der Waals surface area contributed by atoms with E-state index in [1.807, 2.05) is 4.90 Å². The van der Waals surface area contributed by atoms with E-state index in [0.717, 1.165) is 51.9 Å². The second-order valence-electron chi connectivity index (χ2n) is 6.96. The first-order chi connectivity index (χ1) is 10.7. The average molecular weight is 300 g/mol. The van der Waals surface area contributed by atoms with E-state index >= 15 is 0 Å². The maximum atomic E-state index is 12.8. The number of fused-ring (bicyclic) bond motifs is 4. The van der Waals surface area contributed by atoms with Crippen LogP contribution in [0.4, 0.5) is 4.79 Å². The molecule has 1 aromatic rings. The molecule has 0 aliphatic carbocycles. The smallest absolute Gasteiger partial charge is 0.410 e. The molecule has 1 aromatic carbocycles. The molecule has 22 heavy (non-hydrogen) atoms. The van der Waals surface area contributed by atoms with Crippen LogP contribution in [0.3, 0.4) is 0 Å². The minimum Gasteiger partial charge on any atom is -0.443 e. The molecule has 2 bridgehead atoms. The molecule has 1 unspecified atom stereocenters. The SMILES string of the molecule is CC1c2ccccc2CCN1C(=O)OC12CCN(CC1)CC2. The number of carbonyl (C=O) groups excluding carboxylic acids is 1. The van der Waals surface area contributed by atoms with Crippen LogP contribution < -0.4 is 0 Å². The molecule has 0 saturated carbocycles. The summed E-state index contributed by atoms with van der Waals surface area (Å²) >= 11 is 0. The van der Waals surface area contributed by atoms with Gasteiger partial charge in [-0.05, 0) is 24.5 Å². The van der Waals surface area contributed by atoms with Crippen LogP contribution in [0.25, 0.3) is 0 Å².